The maximum atomic E-state index is 14.9. The number of aromatic nitrogens is 2. The molecule has 2 heterocycles. The SMILES string of the molecule is CCC/C=C(C)/C(CCOc1c(F)cccc1-c1ccc2ncc(CCN)n2c1)=C(/C)NC. The van der Waals surface area contributed by atoms with Gasteiger partial charge in [-0.3, -0.25) is 0 Å². The van der Waals surface area contributed by atoms with Crippen LogP contribution in [0.15, 0.2) is 65.6 Å². The molecule has 0 atom stereocenters. The Morgan fingerprint density at radius 1 is 1.24 bits per heavy atom. The molecule has 0 spiro atoms. The van der Waals surface area contributed by atoms with Gasteiger partial charge in [-0.2, -0.15) is 0 Å². The average molecular weight is 451 g/mol. The van der Waals surface area contributed by atoms with E-state index in [2.05, 4.69) is 37.1 Å². The minimum Gasteiger partial charge on any atom is -0.490 e. The number of allylic oxidation sites excluding steroid dienone is 3. The van der Waals surface area contributed by atoms with Gasteiger partial charge in [0.05, 0.1) is 6.61 Å². The molecule has 1 aromatic carbocycles. The van der Waals surface area contributed by atoms with E-state index in [0.717, 1.165) is 47.4 Å². The molecule has 33 heavy (non-hydrogen) atoms. The summed E-state index contributed by atoms with van der Waals surface area (Å²) in [5.74, 6) is -0.0940. The first kappa shape index (κ1) is 24.5. The molecule has 3 N–H and O–H groups in total. The van der Waals surface area contributed by atoms with Gasteiger partial charge in [0, 0.05) is 54.8 Å². The number of para-hydroxylation sites is 1. The molecule has 3 aromatic rings. The summed E-state index contributed by atoms with van der Waals surface area (Å²) < 4.78 is 22.9. The van der Waals surface area contributed by atoms with Gasteiger partial charge in [0.25, 0.3) is 0 Å². The molecule has 6 heteroatoms. The van der Waals surface area contributed by atoms with Crippen molar-refractivity contribution in [2.75, 3.05) is 20.2 Å². The number of hydrogen-bond donors (Lipinski definition) is 2. The van der Waals surface area contributed by atoms with Gasteiger partial charge in [0.15, 0.2) is 11.6 Å². The van der Waals surface area contributed by atoms with Crippen molar-refractivity contribution in [3.63, 3.8) is 0 Å². The second-order valence-electron chi connectivity index (χ2n) is 8.18. The molecule has 2 aromatic heterocycles. The summed E-state index contributed by atoms with van der Waals surface area (Å²) in [5, 5.41) is 3.24. The van der Waals surface area contributed by atoms with Crippen molar-refractivity contribution >= 4 is 5.65 Å². The molecule has 0 bridgehead atoms. The first-order valence-corrected chi connectivity index (χ1v) is 11.6. The van der Waals surface area contributed by atoms with E-state index in [9.17, 15) is 4.39 Å². The van der Waals surface area contributed by atoms with E-state index < -0.39 is 0 Å². The van der Waals surface area contributed by atoms with E-state index in [1.165, 1.54) is 17.2 Å². The predicted molar refractivity (Wildman–Crippen MR) is 134 cm³/mol. The molecule has 0 aliphatic carbocycles. The third kappa shape index (κ3) is 5.82. The Morgan fingerprint density at radius 3 is 2.79 bits per heavy atom. The van der Waals surface area contributed by atoms with Crippen LogP contribution in [0.5, 0.6) is 5.75 Å². The minimum atomic E-state index is -0.366. The van der Waals surface area contributed by atoms with Gasteiger partial charge in [-0.1, -0.05) is 37.1 Å². The smallest absolute Gasteiger partial charge is 0.165 e. The monoisotopic (exact) mass is 450 g/mol. The van der Waals surface area contributed by atoms with Crippen molar-refractivity contribution < 1.29 is 9.13 Å². The zero-order valence-electron chi connectivity index (χ0n) is 20.1. The minimum absolute atomic E-state index is 0.272. The fourth-order valence-corrected chi connectivity index (χ4v) is 3.98. The van der Waals surface area contributed by atoms with Crippen LogP contribution < -0.4 is 15.8 Å². The van der Waals surface area contributed by atoms with Crippen LogP contribution in [-0.2, 0) is 6.42 Å². The Morgan fingerprint density at radius 2 is 2.06 bits per heavy atom. The highest BCUT2D eigenvalue weighted by atomic mass is 19.1. The summed E-state index contributed by atoms with van der Waals surface area (Å²) >= 11 is 0. The molecule has 0 fully saturated rings. The van der Waals surface area contributed by atoms with Gasteiger partial charge in [-0.05, 0) is 50.6 Å². The molecule has 0 aliphatic heterocycles. The van der Waals surface area contributed by atoms with Crippen LogP contribution >= 0.6 is 0 Å². The first-order valence-electron chi connectivity index (χ1n) is 11.6. The molecular weight excluding hydrogens is 415 g/mol. The maximum absolute atomic E-state index is 14.9. The lowest BCUT2D eigenvalue weighted by molar-refractivity contribution is 0.306. The Kier molecular flexibility index (Phi) is 8.66. The van der Waals surface area contributed by atoms with Crippen LogP contribution in [0.1, 0.15) is 45.7 Å². The first-order chi connectivity index (χ1) is 16.0. The fourth-order valence-electron chi connectivity index (χ4n) is 3.98. The van der Waals surface area contributed by atoms with Gasteiger partial charge in [-0.15, -0.1) is 0 Å². The summed E-state index contributed by atoms with van der Waals surface area (Å²) in [6.45, 7) is 7.28. The van der Waals surface area contributed by atoms with Crippen molar-refractivity contribution in [1.82, 2.24) is 14.7 Å². The van der Waals surface area contributed by atoms with Crippen molar-refractivity contribution in [3.05, 3.63) is 77.2 Å². The van der Waals surface area contributed by atoms with E-state index in [1.807, 2.05) is 42.0 Å². The highest BCUT2D eigenvalue weighted by Crippen LogP contribution is 2.33. The Balaban J connectivity index is 1.87. The lowest BCUT2D eigenvalue weighted by Gasteiger charge is -2.16. The van der Waals surface area contributed by atoms with Gasteiger partial charge in [0.2, 0.25) is 0 Å². The van der Waals surface area contributed by atoms with Crippen molar-refractivity contribution in [2.45, 2.75) is 46.5 Å². The predicted octanol–water partition coefficient (Wildman–Crippen LogP) is 5.65. The zero-order valence-corrected chi connectivity index (χ0v) is 20.1. The van der Waals surface area contributed by atoms with Crippen LogP contribution in [0, 0.1) is 5.82 Å². The Labute approximate surface area is 196 Å². The Bertz CT molecular complexity index is 1150. The number of pyridine rings is 1. The summed E-state index contributed by atoms with van der Waals surface area (Å²) in [6, 6.07) is 8.93. The van der Waals surface area contributed by atoms with Crippen molar-refractivity contribution in [1.29, 1.82) is 0 Å². The van der Waals surface area contributed by atoms with Crippen LogP contribution in [0.2, 0.25) is 0 Å². The standard InChI is InChI=1S/C27H35FN4O/c1-5-6-8-19(2)23(20(3)30-4)14-16-33-27-24(9-7-10-25(27)28)21-11-12-26-31-17-22(13-15-29)32(26)18-21/h7-12,17-18,30H,5-6,13-16,29H2,1-4H3/b19-8+,23-20-. The molecule has 0 saturated carbocycles. The van der Waals surface area contributed by atoms with Gasteiger partial charge in [0.1, 0.15) is 5.65 Å². The zero-order chi connectivity index (χ0) is 23.8. The number of nitrogens with two attached hydrogens (primary N) is 1. The molecule has 3 rings (SSSR count). The molecule has 0 saturated heterocycles. The molecule has 0 amide bonds. The third-order valence-electron chi connectivity index (χ3n) is 5.90. The van der Waals surface area contributed by atoms with Crippen molar-refractivity contribution in [3.8, 4) is 16.9 Å². The second-order valence-corrected chi connectivity index (χ2v) is 8.18. The molecule has 0 radical (unpaired) electrons. The largest absolute Gasteiger partial charge is 0.490 e. The molecular formula is C27H35FN4O. The van der Waals surface area contributed by atoms with Crippen molar-refractivity contribution in [2.24, 2.45) is 5.73 Å². The van der Waals surface area contributed by atoms with E-state index in [4.69, 9.17) is 10.5 Å². The lowest BCUT2D eigenvalue weighted by atomic mass is 10.0. The quantitative estimate of drug-likeness (QED) is 0.371. The Hall–Kier alpha value is -3.12. The highest BCUT2D eigenvalue weighted by Gasteiger charge is 2.14. The average Bonchev–Trinajstić information content (AvgIpc) is 3.23. The van der Waals surface area contributed by atoms with E-state index in [0.29, 0.717) is 19.6 Å². The topological polar surface area (TPSA) is 64.6 Å². The number of ether oxygens (including phenoxy) is 1. The van der Waals surface area contributed by atoms with Gasteiger partial charge < -0.3 is 20.2 Å². The van der Waals surface area contributed by atoms with Crippen LogP contribution in [0.3, 0.4) is 0 Å². The molecule has 176 valence electrons. The highest BCUT2D eigenvalue weighted by molar-refractivity contribution is 5.71. The lowest BCUT2D eigenvalue weighted by Crippen LogP contribution is -2.10. The van der Waals surface area contributed by atoms with Crippen LogP contribution in [0.25, 0.3) is 16.8 Å². The summed E-state index contributed by atoms with van der Waals surface area (Å²) in [4.78, 5) is 4.43. The van der Waals surface area contributed by atoms with E-state index >= 15 is 0 Å². The molecule has 0 aliphatic rings. The number of benzene rings is 1. The number of nitrogens with zero attached hydrogens (tertiary/aromatic N) is 2. The summed E-state index contributed by atoms with van der Waals surface area (Å²) in [5.41, 5.74) is 12.7. The van der Waals surface area contributed by atoms with Gasteiger partial charge >= 0.3 is 0 Å². The number of hydrogen-bond acceptors (Lipinski definition) is 4. The fraction of sp³-hybridized carbons (Fsp3) is 0.370. The molecule has 0 unspecified atom stereocenters. The number of fused-ring (bicyclic) bond motifs is 1. The number of unbranched alkanes of at least 4 members (excludes halogenated alkanes) is 1. The number of rotatable bonds is 11. The van der Waals surface area contributed by atoms with E-state index in [-0.39, 0.29) is 11.6 Å². The third-order valence-corrected chi connectivity index (χ3v) is 5.90. The van der Waals surface area contributed by atoms with Crippen LogP contribution in [-0.4, -0.2) is 29.6 Å². The number of nitrogens with one attached hydrogen (secondary N) is 1. The van der Waals surface area contributed by atoms with Gasteiger partial charge in [-0.25, -0.2) is 9.37 Å². The summed E-state index contributed by atoms with van der Waals surface area (Å²) in [6.07, 6.45) is 9.62. The normalized spacial score (nSPS) is 12.7. The second kappa shape index (κ2) is 11.7. The molecule has 5 nitrogen and oxygen atoms in total. The summed E-state index contributed by atoms with van der Waals surface area (Å²) in [7, 11) is 1.92. The van der Waals surface area contributed by atoms with E-state index in [1.54, 1.807) is 6.07 Å². The number of imidazole rings is 1. The van der Waals surface area contributed by atoms with Crippen LogP contribution in [0.4, 0.5) is 4.39 Å². The number of halogens is 1. The maximum Gasteiger partial charge on any atom is 0.165 e.